The molecule has 0 spiro atoms. The van der Waals surface area contributed by atoms with Gasteiger partial charge in [0.15, 0.2) is 0 Å². The van der Waals surface area contributed by atoms with Crippen LogP contribution in [0.4, 0.5) is 0 Å². The van der Waals surface area contributed by atoms with Crippen LogP contribution in [-0.4, -0.2) is 25.1 Å². The van der Waals surface area contributed by atoms with Crippen LogP contribution in [0, 0.1) is 0 Å². The van der Waals surface area contributed by atoms with E-state index in [9.17, 15) is 4.79 Å². The number of amides is 1. The zero-order chi connectivity index (χ0) is 15.0. The second kappa shape index (κ2) is 8.97. The van der Waals surface area contributed by atoms with Gasteiger partial charge in [0, 0.05) is 12.6 Å². The van der Waals surface area contributed by atoms with Crippen molar-refractivity contribution in [1.29, 1.82) is 0 Å². The minimum absolute atomic E-state index is 0.0138. The third-order valence-electron chi connectivity index (χ3n) is 2.61. The van der Waals surface area contributed by atoms with Crippen molar-refractivity contribution in [2.45, 2.75) is 39.8 Å². The Bertz CT molecular complexity index is 436. The smallest absolute Gasteiger partial charge is 0.223 e. The highest BCUT2D eigenvalue weighted by Crippen LogP contribution is 2.26. The van der Waals surface area contributed by atoms with E-state index in [4.69, 9.17) is 4.74 Å². The Kier molecular flexibility index (Phi) is 7.62. The van der Waals surface area contributed by atoms with Crippen molar-refractivity contribution < 1.29 is 9.53 Å². The van der Waals surface area contributed by atoms with Gasteiger partial charge in [0.05, 0.1) is 17.5 Å². The molecule has 0 fully saturated rings. The molecule has 5 heteroatoms. The Hall–Kier alpha value is -1.07. The van der Waals surface area contributed by atoms with Gasteiger partial charge < -0.3 is 15.4 Å². The lowest BCUT2D eigenvalue weighted by atomic mass is 10.2. The molecule has 1 aromatic rings. The lowest BCUT2D eigenvalue weighted by Crippen LogP contribution is -2.31. The van der Waals surface area contributed by atoms with Crippen LogP contribution in [0.1, 0.15) is 32.8 Å². The highest BCUT2D eigenvalue weighted by Gasteiger charge is 2.06. The van der Waals surface area contributed by atoms with Crippen LogP contribution in [0.2, 0.25) is 0 Å². The molecule has 0 saturated carbocycles. The van der Waals surface area contributed by atoms with Gasteiger partial charge in [-0.2, -0.15) is 0 Å². The molecule has 0 aliphatic heterocycles. The summed E-state index contributed by atoms with van der Waals surface area (Å²) in [5.74, 6) is 0.780. The Morgan fingerprint density at radius 3 is 2.75 bits per heavy atom. The van der Waals surface area contributed by atoms with Crippen molar-refractivity contribution in [3.63, 3.8) is 0 Å². The molecule has 0 aliphatic rings. The van der Waals surface area contributed by atoms with E-state index < -0.39 is 0 Å². The summed E-state index contributed by atoms with van der Waals surface area (Å²) >= 11 is 3.49. The SMILES string of the molecule is CCNCc1ccc(OCCC(=O)NC(C)C)c(Br)c1. The molecular weight excluding hydrogens is 320 g/mol. The van der Waals surface area contributed by atoms with Gasteiger partial charge in [0.25, 0.3) is 0 Å². The summed E-state index contributed by atoms with van der Waals surface area (Å²) in [4.78, 5) is 11.5. The predicted octanol–water partition coefficient (Wildman–Crippen LogP) is 2.85. The fourth-order valence-corrected chi connectivity index (χ4v) is 2.23. The number of hydrogen-bond donors (Lipinski definition) is 2. The van der Waals surface area contributed by atoms with Gasteiger partial charge in [-0.25, -0.2) is 0 Å². The molecule has 0 heterocycles. The van der Waals surface area contributed by atoms with E-state index in [2.05, 4.69) is 33.5 Å². The monoisotopic (exact) mass is 342 g/mol. The molecule has 4 nitrogen and oxygen atoms in total. The van der Waals surface area contributed by atoms with E-state index in [1.54, 1.807) is 0 Å². The molecule has 112 valence electrons. The van der Waals surface area contributed by atoms with Gasteiger partial charge in [-0.3, -0.25) is 4.79 Å². The normalized spacial score (nSPS) is 10.7. The maximum atomic E-state index is 11.5. The quantitative estimate of drug-likeness (QED) is 0.763. The number of benzene rings is 1. The minimum Gasteiger partial charge on any atom is -0.492 e. The molecule has 0 atom stereocenters. The third kappa shape index (κ3) is 6.39. The zero-order valence-electron chi connectivity index (χ0n) is 12.3. The van der Waals surface area contributed by atoms with Crippen LogP contribution >= 0.6 is 15.9 Å². The van der Waals surface area contributed by atoms with E-state index in [-0.39, 0.29) is 11.9 Å². The average Bonchev–Trinajstić information content (AvgIpc) is 2.37. The summed E-state index contributed by atoms with van der Waals surface area (Å²) in [6.07, 6.45) is 0.365. The first kappa shape index (κ1) is 17.0. The first-order valence-corrected chi connectivity index (χ1v) is 7.73. The van der Waals surface area contributed by atoms with Crippen molar-refractivity contribution in [1.82, 2.24) is 10.6 Å². The van der Waals surface area contributed by atoms with Crippen molar-refractivity contribution in [3.8, 4) is 5.75 Å². The van der Waals surface area contributed by atoms with Crippen molar-refractivity contribution in [3.05, 3.63) is 28.2 Å². The van der Waals surface area contributed by atoms with Crippen LogP contribution in [0.3, 0.4) is 0 Å². The molecule has 0 bridgehead atoms. The summed E-state index contributed by atoms with van der Waals surface area (Å²) in [6.45, 7) is 8.13. The first-order valence-electron chi connectivity index (χ1n) is 6.94. The molecule has 2 N–H and O–H groups in total. The molecule has 0 unspecified atom stereocenters. The van der Waals surface area contributed by atoms with E-state index in [0.29, 0.717) is 13.0 Å². The summed E-state index contributed by atoms with van der Waals surface area (Å²) in [7, 11) is 0. The van der Waals surface area contributed by atoms with E-state index in [1.807, 2.05) is 32.0 Å². The topological polar surface area (TPSA) is 50.4 Å². The van der Waals surface area contributed by atoms with Gasteiger partial charge in [-0.15, -0.1) is 0 Å². The number of rotatable bonds is 8. The second-order valence-electron chi connectivity index (χ2n) is 4.87. The number of ether oxygens (including phenoxy) is 1. The minimum atomic E-state index is 0.0138. The van der Waals surface area contributed by atoms with Gasteiger partial charge >= 0.3 is 0 Å². The molecule has 20 heavy (non-hydrogen) atoms. The van der Waals surface area contributed by atoms with Crippen LogP contribution in [0.25, 0.3) is 0 Å². The Morgan fingerprint density at radius 1 is 1.40 bits per heavy atom. The van der Waals surface area contributed by atoms with Crippen molar-refractivity contribution >= 4 is 21.8 Å². The maximum Gasteiger partial charge on any atom is 0.223 e. The molecule has 1 rings (SSSR count). The number of hydrogen-bond acceptors (Lipinski definition) is 3. The molecule has 1 amide bonds. The summed E-state index contributed by atoms with van der Waals surface area (Å²) in [5, 5.41) is 6.11. The van der Waals surface area contributed by atoms with E-state index >= 15 is 0 Å². The summed E-state index contributed by atoms with van der Waals surface area (Å²) in [5.41, 5.74) is 1.20. The molecule has 0 radical (unpaired) electrons. The predicted molar refractivity (Wildman–Crippen MR) is 84.9 cm³/mol. The number of carbonyl (C=O) groups excluding carboxylic acids is 1. The molecule has 0 aliphatic carbocycles. The number of nitrogens with one attached hydrogen (secondary N) is 2. The second-order valence-corrected chi connectivity index (χ2v) is 5.72. The van der Waals surface area contributed by atoms with Crippen LogP contribution in [0.15, 0.2) is 22.7 Å². The van der Waals surface area contributed by atoms with Crippen LogP contribution in [-0.2, 0) is 11.3 Å². The largest absolute Gasteiger partial charge is 0.492 e. The molecule has 0 aromatic heterocycles. The molecule has 1 aromatic carbocycles. The average molecular weight is 343 g/mol. The Labute approximate surface area is 129 Å². The van der Waals surface area contributed by atoms with Gasteiger partial charge in [0.1, 0.15) is 5.75 Å². The highest BCUT2D eigenvalue weighted by molar-refractivity contribution is 9.10. The van der Waals surface area contributed by atoms with Crippen LogP contribution in [0.5, 0.6) is 5.75 Å². The fourth-order valence-electron chi connectivity index (χ4n) is 1.69. The lowest BCUT2D eigenvalue weighted by molar-refractivity contribution is -0.122. The molecule has 0 saturated heterocycles. The third-order valence-corrected chi connectivity index (χ3v) is 3.23. The van der Waals surface area contributed by atoms with E-state index in [0.717, 1.165) is 23.3 Å². The van der Waals surface area contributed by atoms with Crippen molar-refractivity contribution in [2.75, 3.05) is 13.2 Å². The number of carbonyl (C=O) groups is 1. The van der Waals surface area contributed by atoms with Crippen molar-refractivity contribution in [2.24, 2.45) is 0 Å². The Balaban J connectivity index is 2.42. The summed E-state index contributed by atoms with van der Waals surface area (Å²) in [6, 6.07) is 6.15. The zero-order valence-corrected chi connectivity index (χ0v) is 13.9. The highest BCUT2D eigenvalue weighted by atomic mass is 79.9. The molecular formula is C15H23BrN2O2. The standard InChI is InChI=1S/C15H23BrN2O2/c1-4-17-10-12-5-6-14(13(16)9-12)20-8-7-15(19)18-11(2)3/h5-6,9,11,17H,4,7-8,10H2,1-3H3,(H,18,19). The lowest BCUT2D eigenvalue weighted by Gasteiger charge is -2.11. The fraction of sp³-hybridized carbons (Fsp3) is 0.533. The summed E-state index contributed by atoms with van der Waals surface area (Å²) < 4.78 is 6.53. The van der Waals surface area contributed by atoms with Gasteiger partial charge in [0.2, 0.25) is 5.91 Å². The van der Waals surface area contributed by atoms with Gasteiger partial charge in [-0.1, -0.05) is 13.0 Å². The van der Waals surface area contributed by atoms with Gasteiger partial charge in [-0.05, 0) is 54.0 Å². The maximum absolute atomic E-state index is 11.5. The first-order chi connectivity index (χ1) is 9.52. The van der Waals surface area contributed by atoms with E-state index in [1.165, 1.54) is 5.56 Å². The number of halogens is 1. The van der Waals surface area contributed by atoms with Crippen LogP contribution < -0.4 is 15.4 Å². The Morgan fingerprint density at radius 2 is 2.15 bits per heavy atom.